The van der Waals surface area contributed by atoms with Crippen LogP contribution in [0.1, 0.15) is 89.7 Å². The Labute approximate surface area is 249 Å². The summed E-state index contributed by atoms with van der Waals surface area (Å²) in [4.78, 5) is 42.4. The third-order valence-electron chi connectivity index (χ3n) is 6.75. The average Bonchev–Trinajstić information content (AvgIpc) is 2.96. The van der Waals surface area contributed by atoms with Crippen molar-refractivity contribution < 1.29 is 33.4 Å². The summed E-state index contributed by atoms with van der Waals surface area (Å²) >= 11 is 0. The number of hydrogen-bond donors (Lipinski definition) is 1. The van der Waals surface area contributed by atoms with Crippen LogP contribution in [0, 0.1) is 0 Å². The number of aryl methyl sites for hydroxylation is 1. The quantitative estimate of drug-likeness (QED) is 0.0706. The highest BCUT2D eigenvalue weighted by atomic mass is 16.7. The molecule has 1 fully saturated rings. The minimum absolute atomic E-state index is 0.403. The van der Waals surface area contributed by atoms with Gasteiger partial charge in [0.15, 0.2) is 5.57 Å². The van der Waals surface area contributed by atoms with Gasteiger partial charge in [0.2, 0.25) is 0 Å². The van der Waals surface area contributed by atoms with E-state index in [4.69, 9.17) is 19.0 Å². The molecule has 0 saturated carbocycles. The number of hydroxylamine groups is 1. The first-order valence-corrected chi connectivity index (χ1v) is 14.9. The summed E-state index contributed by atoms with van der Waals surface area (Å²) in [6.45, 7) is 5.82. The first-order chi connectivity index (χ1) is 20.3. The Hall–Kier alpha value is -4.07. The second-order valence-electron chi connectivity index (χ2n) is 10.8. The topological polar surface area (TPSA) is 100 Å². The smallest absolute Gasteiger partial charge is 0.358 e. The van der Waals surface area contributed by atoms with E-state index >= 15 is 0 Å². The molecule has 0 aromatic heterocycles. The van der Waals surface area contributed by atoms with Crippen molar-refractivity contribution in [2.75, 3.05) is 6.61 Å². The van der Waals surface area contributed by atoms with Gasteiger partial charge in [-0.25, -0.2) is 19.9 Å². The molecule has 0 bridgehead atoms. The van der Waals surface area contributed by atoms with Gasteiger partial charge in [-0.2, -0.15) is 0 Å². The summed E-state index contributed by atoms with van der Waals surface area (Å²) in [5.74, 6) is -2.96. The van der Waals surface area contributed by atoms with Crippen LogP contribution in [0.2, 0.25) is 0 Å². The highest BCUT2D eigenvalue weighted by Gasteiger charge is 2.39. The Morgan fingerprint density at radius 3 is 2.12 bits per heavy atom. The van der Waals surface area contributed by atoms with Crippen LogP contribution in [0.5, 0.6) is 5.75 Å². The highest BCUT2D eigenvalue weighted by Crippen LogP contribution is 2.22. The van der Waals surface area contributed by atoms with Gasteiger partial charge in [-0.3, -0.25) is 0 Å². The van der Waals surface area contributed by atoms with Crippen LogP contribution in [0.15, 0.2) is 71.9 Å². The monoisotopic (exact) mass is 577 g/mol. The van der Waals surface area contributed by atoms with Crippen LogP contribution in [-0.4, -0.2) is 30.3 Å². The number of esters is 2. The predicted molar refractivity (Wildman–Crippen MR) is 161 cm³/mol. The predicted octanol–water partition coefficient (Wildman–Crippen LogP) is 6.99. The minimum atomic E-state index is -1.36. The molecule has 1 aliphatic rings. The zero-order valence-electron chi connectivity index (χ0n) is 25.0. The second kappa shape index (κ2) is 17.0. The van der Waals surface area contributed by atoms with Gasteiger partial charge < -0.3 is 19.0 Å². The van der Waals surface area contributed by atoms with Crippen molar-refractivity contribution in [2.45, 2.75) is 90.8 Å². The molecule has 2 aromatic rings. The van der Waals surface area contributed by atoms with E-state index in [9.17, 15) is 14.4 Å². The lowest BCUT2D eigenvalue weighted by molar-refractivity contribution is -0.222. The molecule has 3 rings (SSSR count). The van der Waals surface area contributed by atoms with E-state index in [0.29, 0.717) is 25.0 Å². The standard InChI is InChI=1S/C34H43NO7/c1-4-5-6-7-8-9-10-14-23-39-29-21-18-27(19-22-29)24-28(20-17-26-15-12-11-13-16-26)31(36)42-35-25-30-32(37)40-34(2,3)41-33(30)38/h11-13,15-16,18-19,21-22,24-25,35H,4-10,14,17,20,23H2,1-3H3. The van der Waals surface area contributed by atoms with Crippen molar-refractivity contribution in [3.63, 3.8) is 0 Å². The number of benzene rings is 2. The van der Waals surface area contributed by atoms with Gasteiger partial charge in [-0.15, -0.1) is 0 Å². The molecule has 0 radical (unpaired) electrons. The zero-order valence-corrected chi connectivity index (χ0v) is 25.0. The van der Waals surface area contributed by atoms with Crippen LogP contribution >= 0.6 is 0 Å². The van der Waals surface area contributed by atoms with Gasteiger partial charge in [0.1, 0.15) is 5.75 Å². The summed E-state index contributed by atoms with van der Waals surface area (Å²) in [6, 6.07) is 17.4. The molecule has 1 aliphatic heterocycles. The van der Waals surface area contributed by atoms with Gasteiger partial charge >= 0.3 is 17.9 Å². The van der Waals surface area contributed by atoms with E-state index in [0.717, 1.165) is 29.5 Å². The molecular weight excluding hydrogens is 534 g/mol. The molecule has 8 nitrogen and oxygen atoms in total. The van der Waals surface area contributed by atoms with E-state index in [1.54, 1.807) is 6.08 Å². The Morgan fingerprint density at radius 1 is 0.857 bits per heavy atom. The number of carbonyl (C=O) groups is 3. The fourth-order valence-electron chi connectivity index (χ4n) is 4.43. The normalized spacial score (nSPS) is 14.5. The van der Waals surface area contributed by atoms with Crippen LogP contribution in [0.25, 0.3) is 6.08 Å². The molecule has 8 heteroatoms. The summed E-state index contributed by atoms with van der Waals surface area (Å²) in [5.41, 5.74) is 4.19. The molecule has 0 unspecified atom stereocenters. The number of hydrogen-bond acceptors (Lipinski definition) is 8. The lowest BCUT2D eigenvalue weighted by Gasteiger charge is -2.29. The first kappa shape index (κ1) is 32.4. The fourth-order valence-corrected chi connectivity index (χ4v) is 4.43. The molecule has 2 aromatic carbocycles. The molecule has 0 amide bonds. The lowest BCUT2D eigenvalue weighted by Crippen LogP contribution is -2.42. The summed E-state index contributed by atoms with van der Waals surface area (Å²) in [6.07, 6.45) is 13.7. The molecule has 0 aliphatic carbocycles. The van der Waals surface area contributed by atoms with Crippen LogP contribution < -0.4 is 10.2 Å². The largest absolute Gasteiger partial charge is 0.494 e. The lowest BCUT2D eigenvalue weighted by atomic mass is 10.0. The SMILES string of the molecule is CCCCCCCCCCOc1ccc(C=C(CCc2ccccc2)C(=O)ONC=C2C(=O)OC(C)(C)OC2=O)cc1. The number of carbonyl (C=O) groups excluding carboxylic acids is 3. The maximum Gasteiger partial charge on any atom is 0.358 e. The minimum Gasteiger partial charge on any atom is -0.494 e. The molecule has 1 saturated heterocycles. The van der Waals surface area contributed by atoms with E-state index in [1.807, 2.05) is 54.6 Å². The van der Waals surface area contributed by atoms with Crippen LogP contribution in [0.3, 0.4) is 0 Å². The zero-order chi connectivity index (χ0) is 30.2. The Kier molecular flexibility index (Phi) is 13.1. The van der Waals surface area contributed by atoms with E-state index < -0.39 is 29.3 Å². The van der Waals surface area contributed by atoms with Gasteiger partial charge in [0.05, 0.1) is 12.8 Å². The van der Waals surface area contributed by atoms with Crippen LogP contribution in [0.4, 0.5) is 0 Å². The molecule has 1 heterocycles. The van der Waals surface area contributed by atoms with Crippen molar-refractivity contribution in [3.8, 4) is 5.75 Å². The van der Waals surface area contributed by atoms with Crippen molar-refractivity contribution in [2.24, 2.45) is 0 Å². The van der Waals surface area contributed by atoms with E-state index in [1.165, 1.54) is 58.8 Å². The molecule has 1 N–H and O–H groups in total. The fraction of sp³-hybridized carbons (Fsp3) is 0.441. The Bertz CT molecular complexity index is 1190. The maximum absolute atomic E-state index is 13.0. The first-order valence-electron chi connectivity index (χ1n) is 14.9. The van der Waals surface area contributed by atoms with Crippen LogP contribution in [-0.2, 0) is 35.1 Å². The Balaban J connectivity index is 1.56. The number of ether oxygens (including phenoxy) is 3. The molecule has 0 atom stereocenters. The third kappa shape index (κ3) is 11.4. The molecule has 42 heavy (non-hydrogen) atoms. The summed E-state index contributed by atoms with van der Waals surface area (Å²) < 4.78 is 16.0. The Morgan fingerprint density at radius 2 is 1.48 bits per heavy atom. The molecular formula is C34H43NO7. The second-order valence-corrected chi connectivity index (χ2v) is 10.8. The number of cyclic esters (lactones) is 2. The van der Waals surface area contributed by atoms with Gasteiger partial charge in [-0.1, -0.05) is 94.3 Å². The maximum atomic E-state index is 13.0. The number of unbranched alkanes of at least 4 members (excludes halogenated alkanes) is 7. The third-order valence-corrected chi connectivity index (χ3v) is 6.75. The highest BCUT2D eigenvalue weighted by molar-refractivity contribution is 6.15. The number of rotatable bonds is 17. The van der Waals surface area contributed by atoms with Crippen molar-refractivity contribution >= 4 is 24.0 Å². The van der Waals surface area contributed by atoms with Crippen molar-refractivity contribution in [1.29, 1.82) is 0 Å². The van der Waals surface area contributed by atoms with Crippen molar-refractivity contribution in [3.05, 3.63) is 83.1 Å². The van der Waals surface area contributed by atoms with Gasteiger partial charge in [0, 0.05) is 19.4 Å². The molecule has 0 spiro atoms. The van der Waals surface area contributed by atoms with Gasteiger partial charge in [-0.05, 0) is 48.6 Å². The molecule has 226 valence electrons. The van der Waals surface area contributed by atoms with E-state index in [-0.39, 0.29) is 0 Å². The number of nitrogens with one attached hydrogen (secondary N) is 1. The average molecular weight is 578 g/mol. The summed E-state index contributed by atoms with van der Waals surface area (Å²) in [7, 11) is 0. The van der Waals surface area contributed by atoms with Gasteiger partial charge in [0.25, 0.3) is 5.79 Å². The van der Waals surface area contributed by atoms with E-state index in [2.05, 4.69) is 12.4 Å². The summed E-state index contributed by atoms with van der Waals surface area (Å²) in [5, 5.41) is 0. The van der Waals surface area contributed by atoms with Crippen molar-refractivity contribution in [1.82, 2.24) is 5.48 Å².